The first kappa shape index (κ1) is 20.1. The standard InChI is InChI=1S/C22H26N6O2S/c1-31(29,30)20-12-17-14-25-22(27-21(17)28(20)18-4-2-3-5-18)26-19-7-6-16(13-24-19)15-8-10-23-11-9-15/h6-8,12-14,18,23H,2-5,9-11H2,1H3,(H,24,25,26,27). The highest BCUT2D eigenvalue weighted by Gasteiger charge is 2.26. The average molecular weight is 439 g/mol. The van der Waals surface area contributed by atoms with Crippen LogP contribution in [0.25, 0.3) is 16.6 Å². The van der Waals surface area contributed by atoms with Crippen molar-refractivity contribution in [1.29, 1.82) is 0 Å². The summed E-state index contributed by atoms with van der Waals surface area (Å²) in [6.45, 7) is 1.87. The van der Waals surface area contributed by atoms with E-state index in [9.17, 15) is 8.42 Å². The van der Waals surface area contributed by atoms with Crippen molar-refractivity contribution in [3.05, 3.63) is 42.2 Å². The minimum atomic E-state index is -3.37. The van der Waals surface area contributed by atoms with Crippen LogP contribution >= 0.6 is 0 Å². The van der Waals surface area contributed by atoms with Crippen LogP contribution in [-0.4, -0.2) is 47.3 Å². The Morgan fingerprint density at radius 1 is 1.16 bits per heavy atom. The molecule has 0 radical (unpaired) electrons. The second-order valence-electron chi connectivity index (χ2n) is 8.28. The number of nitrogens with one attached hydrogen (secondary N) is 2. The smallest absolute Gasteiger partial charge is 0.230 e. The summed E-state index contributed by atoms with van der Waals surface area (Å²) in [5.74, 6) is 1.06. The number of hydrogen-bond acceptors (Lipinski definition) is 7. The molecular formula is C22H26N6O2S. The Kier molecular flexibility index (Phi) is 5.23. The highest BCUT2D eigenvalue weighted by atomic mass is 32.2. The van der Waals surface area contributed by atoms with Crippen LogP contribution in [0.5, 0.6) is 0 Å². The number of anilines is 2. The average Bonchev–Trinajstić information content (AvgIpc) is 3.42. The van der Waals surface area contributed by atoms with Crippen molar-refractivity contribution < 1.29 is 8.42 Å². The van der Waals surface area contributed by atoms with Gasteiger partial charge in [0.25, 0.3) is 0 Å². The molecule has 0 atom stereocenters. The summed E-state index contributed by atoms with van der Waals surface area (Å²) in [7, 11) is -3.37. The molecular weight excluding hydrogens is 412 g/mol. The molecule has 9 heteroatoms. The maximum atomic E-state index is 12.4. The van der Waals surface area contributed by atoms with Gasteiger partial charge >= 0.3 is 0 Å². The van der Waals surface area contributed by atoms with Gasteiger partial charge in [0.2, 0.25) is 5.95 Å². The molecule has 31 heavy (non-hydrogen) atoms. The normalized spacial score (nSPS) is 17.8. The van der Waals surface area contributed by atoms with Gasteiger partial charge in [-0.1, -0.05) is 18.9 Å². The lowest BCUT2D eigenvalue weighted by molar-refractivity contribution is 0.489. The third kappa shape index (κ3) is 4.07. The molecule has 0 amide bonds. The number of nitrogens with zero attached hydrogens (tertiary/aromatic N) is 4. The number of fused-ring (bicyclic) bond motifs is 1. The minimum absolute atomic E-state index is 0.153. The first-order valence-electron chi connectivity index (χ1n) is 10.7. The van der Waals surface area contributed by atoms with Crippen LogP contribution in [0.2, 0.25) is 0 Å². The van der Waals surface area contributed by atoms with Gasteiger partial charge in [-0.3, -0.25) is 0 Å². The fourth-order valence-corrected chi connectivity index (χ4v) is 5.44. The zero-order valence-corrected chi connectivity index (χ0v) is 18.3. The predicted octanol–water partition coefficient (Wildman–Crippen LogP) is 3.47. The Labute approximate surface area is 181 Å². The Balaban J connectivity index is 1.47. The van der Waals surface area contributed by atoms with Gasteiger partial charge in [-0.25, -0.2) is 18.4 Å². The lowest BCUT2D eigenvalue weighted by Gasteiger charge is -2.16. The van der Waals surface area contributed by atoms with Gasteiger partial charge in [-0.2, -0.15) is 4.98 Å². The molecule has 0 saturated heterocycles. The number of sulfone groups is 1. The third-order valence-corrected chi connectivity index (χ3v) is 7.12. The molecule has 5 rings (SSSR count). The zero-order valence-electron chi connectivity index (χ0n) is 17.5. The SMILES string of the molecule is CS(=O)(=O)c1cc2cnc(Nc3ccc(C4=CCNCC4)cn3)nc2n1C1CCCC1. The van der Waals surface area contributed by atoms with Crippen LogP contribution in [0, 0.1) is 0 Å². The highest BCUT2D eigenvalue weighted by Crippen LogP contribution is 2.36. The quantitative estimate of drug-likeness (QED) is 0.629. The Morgan fingerprint density at radius 2 is 2.00 bits per heavy atom. The summed E-state index contributed by atoms with van der Waals surface area (Å²) in [6, 6.07) is 5.81. The highest BCUT2D eigenvalue weighted by molar-refractivity contribution is 7.90. The summed E-state index contributed by atoms with van der Waals surface area (Å²) in [6.07, 6.45) is 12.1. The van der Waals surface area contributed by atoms with Gasteiger partial charge in [0.15, 0.2) is 9.84 Å². The minimum Gasteiger partial charge on any atom is -0.313 e. The van der Waals surface area contributed by atoms with E-state index in [0.717, 1.165) is 56.1 Å². The summed E-state index contributed by atoms with van der Waals surface area (Å²) in [5, 5.41) is 7.53. The Morgan fingerprint density at radius 3 is 2.68 bits per heavy atom. The first-order valence-corrected chi connectivity index (χ1v) is 12.6. The summed E-state index contributed by atoms with van der Waals surface area (Å²) in [5.41, 5.74) is 3.08. The lowest BCUT2D eigenvalue weighted by Crippen LogP contribution is -2.20. The van der Waals surface area contributed by atoms with E-state index in [0.29, 0.717) is 22.4 Å². The van der Waals surface area contributed by atoms with Crippen molar-refractivity contribution >= 4 is 38.2 Å². The number of aromatic nitrogens is 4. The molecule has 8 nitrogen and oxygen atoms in total. The molecule has 1 fully saturated rings. The van der Waals surface area contributed by atoms with E-state index < -0.39 is 9.84 Å². The second kappa shape index (κ2) is 8.05. The molecule has 3 aromatic heterocycles. The molecule has 1 aliphatic heterocycles. The van der Waals surface area contributed by atoms with Crippen LogP contribution in [0.3, 0.4) is 0 Å². The molecule has 1 saturated carbocycles. The number of rotatable bonds is 5. The molecule has 162 valence electrons. The van der Waals surface area contributed by atoms with Crippen LogP contribution in [0.4, 0.5) is 11.8 Å². The van der Waals surface area contributed by atoms with Crippen LogP contribution < -0.4 is 10.6 Å². The molecule has 2 N–H and O–H groups in total. The topological polar surface area (TPSA) is 102 Å². The van der Waals surface area contributed by atoms with Crippen molar-refractivity contribution in [1.82, 2.24) is 24.8 Å². The molecule has 0 aromatic carbocycles. The molecule has 0 unspecified atom stereocenters. The number of hydrogen-bond donors (Lipinski definition) is 2. The second-order valence-corrected chi connectivity index (χ2v) is 10.2. The largest absolute Gasteiger partial charge is 0.313 e. The summed E-state index contributed by atoms with van der Waals surface area (Å²) >= 11 is 0. The van der Waals surface area contributed by atoms with Gasteiger partial charge in [0.1, 0.15) is 16.5 Å². The Bertz CT molecular complexity index is 1240. The van der Waals surface area contributed by atoms with Gasteiger partial charge in [-0.05, 0) is 55.1 Å². The molecule has 3 aromatic rings. The van der Waals surface area contributed by atoms with Crippen molar-refractivity contribution in [3.8, 4) is 0 Å². The van der Waals surface area contributed by atoms with Crippen molar-refractivity contribution in [2.24, 2.45) is 0 Å². The van der Waals surface area contributed by atoms with E-state index in [1.54, 1.807) is 12.3 Å². The van der Waals surface area contributed by atoms with Crippen LogP contribution in [0.1, 0.15) is 43.7 Å². The van der Waals surface area contributed by atoms with E-state index in [-0.39, 0.29) is 6.04 Å². The van der Waals surface area contributed by atoms with E-state index in [4.69, 9.17) is 0 Å². The van der Waals surface area contributed by atoms with Gasteiger partial charge < -0.3 is 15.2 Å². The fourth-order valence-electron chi connectivity index (χ4n) is 4.50. The van der Waals surface area contributed by atoms with E-state index in [2.05, 4.69) is 31.7 Å². The van der Waals surface area contributed by atoms with Crippen molar-refractivity contribution in [2.75, 3.05) is 24.7 Å². The fraction of sp³-hybridized carbons (Fsp3) is 0.409. The molecule has 0 spiro atoms. The molecule has 1 aliphatic carbocycles. The van der Waals surface area contributed by atoms with Crippen molar-refractivity contribution in [3.63, 3.8) is 0 Å². The van der Waals surface area contributed by atoms with E-state index >= 15 is 0 Å². The van der Waals surface area contributed by atoms with E-state index in [1.807, 2.05) is 22.9 Å². The predicted molar refractivity (Wildman–Crippen MR) is 121 cm³/mol. The molecule has 4 heterocycles. The zero-order chi connectivity index (χ0) is 21.4. The summed E-state index contributed by atoms with van der Waals surface area (Å²) < 4.78 is 26.7. The molecule has 2 aliphatic rings. The molecule has 0 bridgehead atoms. The maximum absolute atomic E-state index is 12.4. The van der Waals surface area contributed by atoms with Crippen LogP contribution in [-0.2, 0) is 9.84 Å². The maximum Gasteiger partial charge on any atom is 0.230 e. The van der Waals surface area contributed by atoms with Gasteiger partial charge in [0.05, 0.1) is 0 Å². The summed E-state index contributed by atoms with van der Waals surface area (Å²) in [4.78, 5) is 13.6. The van der Waals surface area contributed by atoms with Crippen LogP contribution in [0.15, 0.2) is 41.7 Å². The van der Waals surface area contributed by atoms with Gasteiger partial charge in [0, 0.05) is 36.6 Å². The van der Waals surface area contributed by atoms with Crippen molar-refractivity contribution in [2.45, 2.75) is 43.2 Å². The first-order chi connectivity index (χ1) is 15.0. The van der Waals surface area contributed by atoms with E-state index in [1.165, 1.54) is 11.8 Å². The number of pyridine rings is 1. The third-order valence-electron chi connectivity index (χ3n) is 6.05. The van der Waals surface area contributed by atoms with Gasteiger partial charge in [-0.15, -0.1) is 0 Å². The Hall–Kier alpha value is -2.78. The monoisotopic (exact) mass is 438 g/mol. The lowest BCUT2D eigenvalue weighted by atomic mass is 10.0.